The van der Waals surface area contributed by atoms with Crippen molar-refractivity contribution in [3.8, 4) is 5.75 Å². The molecule has 0 aliphatic heterocycles. The zero-order chi connectivity index (χ0) is 14.8. The quantitative estimate of drug-likeness (QED) is 0.738. The molecule has 2 atom stereocenters. The summed E-state index contributed by atoms with van der Waals surface area (Å²) >= 11 is 0. The lowest BCUT2D eigenvalue weighted by Gasteiger charge is -2.43. The van der Waals surface area contributed by atoms with E-state index in [-0.39, 0.29) is 11.7 Å². The van der Waals surface area contributed by atoms with Gasteiger partial charge in [0.2, 0.25) is 0 Å². The third kappa shape index (κ3) is 3.14. The molecule has 4 heteroatoms. The van der Waals surface area contributed by atoms with E-state index in [0.29, 0.717) is 12.8 Å². The number of benzene rings is 1. The molecular weight excluding hydrogens is 254 g/mol. The lowest BCUT2D eigenvalue weighted by atomic mass is 9.71. The number of phenolic OH excluding ortho intramolecular Hbond substituents is 1. The maximum absolute atomic E-state index is 11.0. The Balaban J connectivity index is 2.36. The SMILES string of the molecule is CN(C)[C@@H](O)[C@H](c1ccc(O)cc1)C1(O)CCCCC1. The molecule has 1 saturated carbocycles. The van der Waals surface area contributed by atoms with Gasteiger partial charge in [0.05, 0.1) is 11.5 Å². The van der Waals surface area contributed by atoms with Gasteiger partial charge in [-0.05, 0) is 44.6 Å². The van der Waals surface area contributed by atoms with Crippen LogP contribution in [0.2, 0.25) is 0 Å². The van der Waals surface area contributed by atoms with Crippen LogP contribution in [0.5, 0.6) is 5.75 Å². The largest absolute Gasteiger partial charge is 0.508 e. The molecule has 0 bridgehead atoms. The number of nitrogens with zero attached hydrogens (tertiary/aromatic N) is 1. The van der Waals surface area contributed by atoms with Gasteiger partial charge in [0, 0.05) is 0 Å². The van der Waals surface area contributed by atoms with Gasteiger partial charge in [-0.3, -0.25) is 4.90 Å². The van der Waals surface area contributed by atoms with E-state index < -0.39 is 11.8 Å². The number of hydrogen-bond acceptors (Lipinski definition) is 4. The summed E-state index contributed by atoms with van der Waals surface area (Å²) in [5, 5.41) is 31.0. The zero-order valence-electron chi connectivity index (χ0n) is 12.3. The molecule has 4 nitrogen and oxygen atoms in total. The van der Waals surface area contributed by atoms with Crippen LogP contribution in [0.15, 0.2) is 24.3 Å². The van der Waals surface area contributed by atoms with Gasteiger partial charge < -0.3 is 15.3 Å². The van der Waals surface area contributed by atoms with E-state index in [9.17, 15) is 15.3 Å². The Labute approximate surface area is 120 Å². The van der Waals surface area contributed by atoms with Crippen molar-refractivity contribution < 1.29 is 15.3 Å². The second-order valence-electron chi connectivity index (χ2n) is 6.11. The predicted octanol–water partition coefficient (Wildman–Crippen LogP) is 2.05. The van der Waals surface area contributed by atoms with E-state index in [0.717, 1.165) is 24.8 Å². The molecule has 1 fully saturated rings. The second kappa shape index (κ2) is 6.12. The summed E-state index contributed by atoms with van der Waals surface area (Å²) in [6.07, 6.45) is 3.80. The highest BCUT2D eigenvalue weighted by molar-refractivity contribution is 5.31. The fourth-order valence-electron chi connectivity index (χ4n) is 3.21. The average molecular weight is 279 g/mol. The maximum Gasteiger partial charge on any atom is 0.116 e. The summed E-state index contributed by atoms with van der Waals surface area (Å²) in [4.78, 5) is 1.73. The van der Waals surface area contributed by atoms with Crippen LogP contribution in [0.1, 0.15) is 43.6 Å². The standard InChI is InChI=1S/C16H25NO3/c1-17(2)15(19)14(12-6-8-13(18)9-7-12)16(20)10-4-3-5-11-16/h6-9,14-15,18-20H,3-5,10-11H2,1-2H3/t14-,15-/m0/s1. The Hall–Kier alpha value is -1.10. The van der Waals surface area contributed by atoms with Gasteiger partial charge in [0.15, 0.2) is 0 Å². The highest BCUT2D eigenvalue weighted by Crippen LogP contribution is 2.42. The minimum absolute atomic E-state index is 0.197. The van der Waals surface area contributed by atoms with Crippen LogP contribution in [0, 0.1) is 0 Å². The van der Waals surface area contributed by atoms with Crippen molar-refractivity contribution in [1.82, 2.24) is 4.90 Å². The molecule has 1 aliphatic rings. The third-order valence-corrected chi connectivity index (χ3v) is 4.38. The van der Waals surface area contributed by atoms with Crippen molar-refractivity contribution in [1.29, 1.82) is 0 Å². The van der Waals surface area contributed by atoms with E-state index in [2.05, 4.69) is 0 Å². The molecule has 3 N–H and O–H groups in total. The summed E-state index contributed by atoms with van der Waals surface area (Å²) in [5.41, 5.74) is -0.00719. The van der Waals surface area contributed by atoms with Gasteiger partial charge >= 0.3 is 0 Å². The number of likely N-dealkylation sites (N-methyl/N-ethyl adjacent to an activating group) is 1. The highest BCUT2D eigenvalue weighted by Gasteiger charge is 2.43. The summed E-state index contributed by atoms with van der Waals surface area (Å²) in [5.74, 6) is -0.166. The lowest BCUT2D eigenvalue weighted by molar-refractivity contribution is -0.0965. The van der Waals surface area contributed by atoms with Crippen LogP contribution < -0.4 is 0 Å². The minimum Gasteiger partial charge on any atom is -0.508 e. The smallest absolute Gasteiger partial charge is 0.116 e. The first-order chi connectivity index (χ1) is 9.44. The van der Waals surface area contributed by atoms with Crippen molar-refractivity contribution in [2.75, 3.05) is 14.1 Å². The number of phenols is 1. The first-order valence-corrected chi connectivity index (χ1v) is 7.30. The van der Waals surface area contributed by atoms with E-state index in [1.165, 1.54) is 0 Å². The van der Waals surface area contributed by atoms with E-state index in [4.69, 9.17) is 0 Å². The van der Waals surface area contributed by atoms with Gasteiger partial charge in [-0.25, -0.2) is 0 Å². The molecule has 0 heterocycles. The van der Waals surface area contributed by atoms with E-state index in [1.54, 1.807) is 29.2 Å². The number of hydrogen-bond donors (Lipinski definition) is 3. The minimum atomic E-state index is -0.876. The first-order valence-electron chi connectivity index (χ1n) is 7.30. The van der Waals surface area contributed by atoms with Crippen LogP contribution in [0.25, 0.3) is 0 Å². The molecule has 0 unspecified atom stereocenters. The Morgan fingerprint density at radius 3 is 2.10 bits per heavy atom. The van der Waals surface area contributed by atoms with Crippen molar-refractivity contribution >= 4 is 0 Å². The first kappa shape index (κ1) is 15.3. The van der Waals surface area contributed by atoms with Crippen LogP contribution >= 0.6 is 0 Å². The van der Waals surface area contributed by atoms with E-state index in [1.807, 2.05) is 14.1 Å². The molecule has 0 aromatic heterocycles. The van der Waals surface area contributed by atoms with Crippen molar-refractivity contribution in [2.45, 2.75) is 49.9 Å². The summed E-state index contributed by atoms with van der Waals surface area (Å²) in [6, 6.07) is 6.80. The maximum atomic E-state index is 11.0. The summed E-state index contributed by atoms with van der Waals surface area (Å²) in [7, 11) is 3.62. The van der Waals surface area contributed by atoms with Crippen molar-refractivity contribution in [3.63, 3.8) is 0 Å². The Morgan fingerprint density at radius 2 is 1.60 bits per heavy atom. The molecule has 0 amide bonds. The molecular formula is C16H25NO3. The van der Waals surface area contributed by atoms with Gasteiger partial charge in [-0.15, -0.1) is 0 Å². The molecule has 0 saturated heterocycles. The Kier molecular flexibility index (Phi) is 4.68. The van der Waals surface area contributed by atoms with Crippen molar-refractivity contribution in [2.24, 2.45) is 0 Å². The molecule has 2 rings (SSSR count). The molecule has 1 aromatic carbocycles. The number of rotatable bonds is 4. The van der Waals surface area contributed by atoms with Gasteiger partial charge in [-0.1, -0.05) is 31.4 Å². The predicted molar refractivity (Wildman–Crippen MR) is 78.6 cm³/mol. The van der Waals surface area contributed by atoms with Crippen LogP contribution in [-0.4, -0.2) is 46.1 Å². The molecule has 1 aromatic rings. The average Bonchev–Trinajstić information content (AvgIpc) is 2.41. The fourth-order valence-corrected chi connectivity index (χ4v) is 3.21. The third-order valence-electron chi connectivity index (χ3n) is 4.38. The Bertz CT molecular complexity index is 424. The van der Waals surface area contributed by atoms with Gasteiger partial charge in [-0.2, -0.15) is 0 Å². The van der Waals surface area contributed by atoms with Crippen LogP contribution in [-0.2, 0) is 0 Å². The number of aromatic hydroxyl groups is 1. The molecule has 1 aliphatic carbocycles. The topological polar surface area (TPSA) is 63.9 Å². The Morgan fingerprint density at radius 1 is 1.05 bits per heavy atom. The normalized spacial score (nSPS) is 21.6. The number of aliphatic hydroxyl groups is 2. The number of aliphatic hydroxyl groups excluding tert-OH is 1. The van der Waals surface area contributed by atoms with Crippen molar-refractivity contribution in [3.05, 3.63) is 29.8 Å². The second-order valence-corrected chi connectivity index (χ2v) is 6.11. The van der Waals surface area contributed by atoms with Gasteiger partial charge in [0.25, 0.3) is 0 Å². The van der Waals surface area contributed by atoms with Crippen LogP contribution in [0.3, 0.4) is 0 Å². The van der Waals surface area contributed by atoms with Crippen LogP contribution in [0.4, 0.5) is 0 Å². The molecule has 0 radical (unpaired) electrons. The lowest BCUT2D eigenvalue weighted by Crippen LogP contribution is -2.48. The molecule has 20 heavy (non-hydrogen) atoms. The zero-order valence-corrected chi connectivity index (χ0v) is 12.3. The summed E-state index contributed by atoms with van der Waals surface area (Å²) < 4.78 is 0. The highest BCUT2D eigenvalue weighted by atomic mass is 16.3. The molecule has 112 valence electrons. The monoisotopic (exact) mass is 279 g/mol. The van der Waals surface area contributed by atoms with Gasteiger partial charge in [0.1, 0.15) is 12.0 Å². The molecule has 0 spiro atoms. The van der Waals surface area contributed by atoms with E-state index >= 15 is 0 Å². The summed E-state index contributed by atoms with van der Waals surface area (Å²) in [6.45, 7) is 0. The fraction of sp³-hybridized carbons (Fsp3) is 0.625.